The molecule has 23 heavy (non-hydrogen) atoms. The van der Waals surface area contributed by atoms with E-state index in [0.29, 0.717) is 11.7 Å². The fourth-order valence-corrected chi connectivity index (χ4v) is 3.15. The lowest BCUT2D eigenvalue weighted by Gasteiger charge is -2.13. The number of nitrogens with zero attached hydrogens (tertiary/aromatic N) is 2. The zero-order chi connectivity index (χ0) is 17.6. The average Bonchev–Trinajstić information content (AvgIpc) is 2.56. The molecule has 0 N–H and O–H groups in total. The van der Waals surface area contributed by atoms with Crippen molar-refractivity contribution in [2.75, 3.05) is 0 Å². The topological polar surface area (TPSA) is 8.24 Å². The van der Waals surface area contributed by atoms with Crippen molar-refractivity contribution in [1.82, 2.24) is 0 Å². The van der Waals surface area contributed by atoms with Gasteiger partial charge in [-0.25, -0.2) is 4.85 Å². The SMILES string of the molecule is [2H]c1c(C)[n+](C)c(-c2cc(C)cc(C)c2C)c2ccc([N+]#[C-])cc12. The fourth-order valence-electron chi connectivity index (χ4n) is 3.15. The first kappa shape index (κ1) is 14.0. The van der Waals surface area contributed by atoms with Gasteiger partial charge in [-0.15, -0.1) is 0 Å². The normalized spacial score (nSPS) is 11.4. The summed E-state index contributed by atoms with van der Waals surface area (Å²) < 4.78 is 10.6. The number of rotatable bonds is 1. The van der Waals surface area contributed by atoms with Gasteiger partial charge in [0, 0.05) is 13.0 Å². The van der Waals surface area contributed by atoms with E-state index in [-0.39, 0.29) is 0 Å². The summed E-state index contributed by atoms with van der Waals surface area (Å²) in [4.78, 5) is 3.52. The molecule has 3 rings (SSSR count). The Hall–Kier alpha value is -2.66. The molecule has 1 heterocycles. The molecule has 0 radical (unpaired) electrons. The van der Waals surface area contributed by atoms with Crippen molar-refractivity contribution in [2.45, 2.75) is 27.7 Å². The molecule has 1 aromatic heterocycles. The van der Waals surface area contributed by atoms with Crippen LogP contribution >= 0.6 is 0 Å². The van der Waals surface area contributed by atoms with Crippen LogP contribution in [0.15, 0.2) is 36.4 Å². The molecule has 0 aliphatic rings. The van der Waals surface area contributed by atoms with Gasteiger partial charge in [-0.3, -0.25) is 0 Å². The zero-order valence-electron chi connectivity index (χ0n) is 15.3. The fraction of sp³-hybridized carbons (Fsp3) is 0.238. The molecule has 2 nitrogen and oxygen atoms in total. The number of hydrogen-bond acceptors (Lipinski definition) is 0. The van der Waals surface area contributed by atoms with Crippen LogP contribution in [0.2, 0.25) is 0 Å². The summed E-state index contributed by atoms with van der Waals surface area (Å²) in [5.41, 5.74) is 7.53. The summed E-state index contributed by atoms with van der Waals surface area (Å²) in [6.45, 7) is 15.6. The predicted octanol–water partition coefficient (Wildman–Crippen LogP) is 5.12. The van der Waals surface area contributed by atoms with E-state index in [1.165, 1.54) is 22.3 Å². The molecule has 0 saturated heterocycles. The Morgan fingerprint density at radius 2 is 1.83 bits per heavy atom. The quantitative estimate of drug-likeness (QED) is 0.436. The van der Waals surface area contributed by atoms with Gasteiger partial charge in [-0.1, -0.05) is 23.8 Å². The van der Waals surface area contributed by atoms with Crippen molar-refractivity contribution in [3.8, 4) is 11.3 Å². The van der Waals surface area contributed by atoms with Gasteiger partial charge in [0.15, 0.2) is 11.4 Å². The number of aromatic nitrogens is 1. The highest BCUT2D eigenvalue weighted by Gasteiger charge is 2.20. The van der Waals surface area contributed by atoms with Crippen molar-refractivity contribution in [3.05, 3.63) is 70.2 Å². The Kier molecular flexibility index (Phi) is 3.35. The number of aryl methyl sites for hydroxylation is 2. The molecule has 114 valence electrons. The second-order valence-corrected chi connectivity index (χ2v) is 6.21. The molecule has 0 fully saturated rings. The Balaban J connectivity index is 2.52. The zero-order valence-corrected chi connectivity index (χ0v) is 14.3. The van der Waals surface area contributed by atoms with Crippen LogP contribution in [0, 0.1) is 34.3 Å². The summed E-state index contributed by atoms with van der Waals surface area (Å²) in [6.07, 6.45) is 0. The second-order valence-electron chi connectivity index (χ2n) is 6.21. The van der Waals surface area contributed by atoms with Gasteiger partial charge in [-0.05, 0) is 49.4 Å². The number of pyridine rings is 1. The molecule has 0 atom stereocenters. The highest BCUT2D eigenvalue weighted by atomic mass is 14.9. The monoisotopic (exact) mass is 302 g/mol. The van der Waals surface area contributed by atoms with Crippen LogP contribution in [0.5, 0.6) is 0 Å². The second kappa shape index (κ2) is 5.52. The van der Waals surface area contributed by atoms with Gasteiger partial charge in [0.1, 0.15) is 7.05 Å². The lowest BCUT2D eigenvalue weighted by molar-refractivity contribution is -0.665. The van der Waals surface area contributed by atoms with Crippen LogP contribution < -0.4 is 4.57 Å². The van der Waals surface area contributed by atoms with E-state index < -0.39 is 0 Å². The van der Waals surface area contributed by atoms with Gasteiger partial charge >= 0.3 is 0 Å². The lowest BCUT2D eigenvalue weighted by Crippen LogP contribution is -2.35. The van der Waals surface area contributed by atoms with E-state index in [4.69, 9.17) is 7.94 Å². The third kappa shape index (κ3) is 2.49. The van der Waals surface area contributed by atoms with Gasteiger partial charge in [0.05, 0.1) is 18.9 Å². The highest BCUT2D eigenvalue weighted by molar-refractivity contribution is 5.96. The molecule has 0 aliphatic carbocycles. The van der Waals surface area contributed by atoms with Crippen LogP contribution in [0.25, 0.3) is 26.9 Å². The average molecular weight is 302 g/mol. The molecule has 0 amide bonds. The number of benzene rings is 2. The molecule has 0 spiro atoms. The van der Waals surface area contributed by atoms with E-state index in [9.17, 15) is 0 Å². The van der Waals surface area contributed by atoms with E-state index in [1.807, 2.05) is 32.2 Å². The van der Waals surface area contributed by atoms with Gasteiger partial charge in [0.2, 0.25) is 5.69 Å². The van der Waals surface area contributed by atoms with Gasteiger partial charge in [0.25, 0.3) is 0 Å². The smallest absolute Gasteiger partial charge is 0.220 e. The molecule has 0 saturated carbocycles. The molecule has 2 heteroatoms. The van der Waals surface area contributed by atoms with Crippen LogP contribution in [0.3, 0.4) is 0 Å². The molecule has 0 aliphatic heterocycles. The van der Waals surface area contributed by atoms with Crippen molar-refractivity contribution in [1.29, 1.82) is 0 Å². The predicted molar refractivity (Wildman–Crippen MR) is 95.8 cm³/mol. The standard InChI is InChI=1S/C21H21N2/c1-13-9-14(2)16(4)20(10-13)21-19-8-7-18(22-5)12-17(19)11-15(3)23(21)6/h7-12H,1-4,6H3/q+1/i11D. The third-order valence-electron chi connectivity index (χ3n) is 4.61. The van der Waals surface area contributed by atoms with Crippen molar-refractivity contribution in [2.24, 2.45) is 7.05 Å². The van der Waals surface area contributed by atoms with Crippen LogP contribution in [-0.4, -0.2) is 0 Å². The maximum absolute atomic E-state index is 8.47. The summed E-state index contributed by atoms with van der Waals surface area (Å²) in [5, 5.41) is 1.86. The Bertz CT molecular complexity index is 1030. The summed E-state index contributed by atoms with van der Waals surface area (Å²) >= 11 is 0. The molecular weight excluding hydrogens is 280 g/mol. The maximum atomic E-state index is 8.47. The van der Waals surface area contributed by atoms with Crippen LogP contribution in [0.1, 0.15) is 23.8 Å². The molecule has 3 aromatic rings. The largest absolute Gasteiger partial charge is 0.238 e. The van der Waals surface area contributed by atoms with Crippen molar-refractivity contribution in [3.63, 3.8) is 0 Å². The van der Waals surface area contributed by atoms with Crippen LogP contribution in [0.4, 0.5) is 5.69 Å². The van der Waals surface area contributed by atoms with E-state index in [0.717, 1.165) is 22.2 Å². The summed E-state index contributed by atoms with van der Waals surface area (Å²) in [6, 6.07) is 10.5. The first-order valence-corrected chi connectivity index (χ1v) is 7.73. The molecule has 0 unspecified atom stereocenters. The maximum Gasteiger partial charge on any atom is 0.220 e. The third-order valence-corrected chi connectivity index (χ3v) is 4.61. The Morgan fingerprint density at radius 1 is 1.09 bits per heavy atom. The Labute approximate surface area is 139 Å². The Morgan fingerprint density at radius 3 is 2.52 bits per heavy atom. The number of hydrogen-bond donors (Lipinski definition) is 0. The van der Waals surface area contributed by atoms with E-state index in [2.05, 4.69) is 42.3 Å². The minimum atomic E-state index is 0.490. The summed E-state index contributed by atoms with van der Waals surface area (Å²) in [7, 11) is 2.02. The van der Waals surface area contributed by atoms with Crippen molar-refractivity contribution < 1.29 is 5.94 Å². The lowest BCUT2D eigenvalue weighted by atomic mass is 9.94. The van der Waals surface area contributed by atoms with Crippen molar-refractivity contribution >= 4 is 16.5 Å². The van der Waals surface area contributed by atoms with Gasteiger partial charge < -0.3 is 0 Å². The summed E-state index contributed by atoms with van der Waals surface area (Å²) in [5.74, 6) is 0. The van der Waals surface area contributed by atoms with Crippen LogP contribution in [-0.2, 0) is 7.05 Å². The van der Waals surface area contributed by atoms with Gasteiger partial charge in [-0.2, -0.15) is 4.57 Å². The van der Waals surface area contributed by atoms with E-state index >= 15 is 0 Å². The number of fused-ring (bicyclic) bond motifs is 1. The first-order chi connectivity index (χ1) is 11.3. The minimum absolute atomic E-state index is 0.490. The molecule has 0 bridgehead atoms. The van der Waals surface area contributed by atoms with E-state index in [1.54, 1.807) is 0 Å². The molecular formula is C21H21N2+. The molecule has 2 aromatic carbocycles. The first-order valence-electron chi connectivity index (χ1n) is 8.23. The highest BCUT2D eigenvalue weighted by Crippen LogP contribution is 2.32. The minimum Gasteiger partial charge on any atom is -0.238 e.